The topological polar surface area (TPSA) is 146 Å². The fraction of sp³-hybridized carbons (Fsp3) is 0.714. The number of fused-ring (bicyclic) bond motifs is 5. The molecule has 2 N–H and O–H groups in total. The Kier molecular flexibility index (Phi) is 3.84. The fourth-order valence-electron chi connectivity index (χ4n) is 10.3. The van der Waals surface area contributed by atoms with Gasteiger partial charge in [-0.2, -0.15) is 0 Å². The Balaban J connectivity index is 1.45. The number of aliphatic hydroxyl groups excluding tert-OH is 1. The van der Waals surface area contributed by atoms with E-state index in [0.717, 1.165) is 0 Å². The maximum atomic E-state index is 14.4. The van der Waals surface area contributed by atoms with E-state index in [1.165, 1.54) is 0 Å². The predicted octanol–water partition coefficient (Wildman–Crippen LogP) is 0.528. The number of aliphatic hydroxyl groups is 2. The zero-order chi connectivity index (χ0) is 26.8. The Bertz CT molecular complexity index is 1330. The lowest BCUT2D eigenvalue weighted by molar-refractivity contribution is -0.329. The molecule has 38 heavy (non-hydrogen) atoms. The van der Waals surface area contributed by atoms with E-state index in [-0.39, 0.29) is 31.7 Å². The Hall–Kier alpha value is -2.56. The van der Waals surface area contributed by atoms with Gasteiger partial charge in [-0.3, -0.25) is 9.59 Å². The van der Waals surface area contributed by atoms with Gasteiger partial charge in [0, 0.05) is 12.3 Å². The molecule has 4 saturated heterocycles. The van der Waals surface area contributed by atoms with Crippen LogP contribution in [0.15, 0.2) is 23.8 Å². The first kappa shape index (κ1) is 23.3. The number of carbonyl (C=O) groups is 4. The highest BCUT2D eigenvalue weighted by Crippen LogP contribution is 2.76. The van der Waals surface area contributed by atoms with Crippen LogP contribution in [-0.2, 0) is 38.1 Å². The fourth-order valence-corrected chi connectivity index (χ4v) is 10.3. The van der Waals surface area contributed by atoms with Crippen molar-refractivity contribution in [2.75, 3.05) is 6.61 Å². The highest BCUT2D eigenvalue weighted by Gasteiger charge is 2.95. The van der Waals surface area contributed by atoms with Gasteiger partial charge in [-0.05, 0) is 50.0 Å². The van der Waals surface area contributed by atoms with Crippen molar-refractivity contribution in [3.05, 3.63) is 23.8 Å². The molecule has 0 unspecified atom stereocenters. The van der Waals surface area contributed by atoms with Crippen molar-refractivity contribution in [2.45, 2.75) is 81.1 Å². The number of Topliss-reactive ketones (excluding diaryl/α,β-unsaturated/α-hetero) is 1. The summed E-state index contributed by atoms with van der Waals surface area (Å²) in [5.41, 5.74) is -8.70. The third-order valence-electron chi connectivity index (χ3n) is 12.0. The molecule has 6 fully saturated rings. The van der Waals surface area contributed by atoms with Crippen molar-refractivity contribution in [2.24, 2.45) is 34.5 Å². The summed E-state index contributed by atoms with van der Waals surface area (Å²) in [5, 5.41) is 22.7. The summed E-state index contributed by atoms with van der Waals surface area (Å²) < 4.78 is 24.5. The molecule has 0 aromatic rings. The van der Waals surface area contributed by atoms with Crippen LogP contribution in [-0.4, -0.2) is 75.1 Å². The molecule has 0 amide bonds. The maximum absolute atomic E-state index is 14.4. The van der Waals surface area contributed by atoms with E-state index in [1.54, 1.807) is 19.1 Å². The highest BCUT2D eigenvalue weighted by molar-refractivity contribution is 5.95. The van der Waals surface area contributed by atoms with Gasteiger partial charge in [0.1, 0.15) is 11.9 Å². The van der Waals surface area contributed by atoms with Crippen LogP contribution in [0.3, 0.4) is 0 Å². The summed E-state index contributed by atoms with van der Waals surface area (Å²) in [6.07, 6.45) is 3.83. The third-order valence-corrected chi connectivity index (χ3v) is 12.0. The van der Waals surface area contributed by atoms with Crippen LogP contribution >= 0.6 is 0 Å². The summed E-state index contributed by atoms with van der Waals surface area (Å²) in [7, 11) is 0. The molecule has 1 spiro atoms. The molecule has 2 saturated carbocycles. The van der Waals surface area contributed by atoms with E-state index in [0.29, 0.717) is 12.0 Å². The van der Waals surface area contributed by atoms with Crippen LogP contribution in [0, 0.1) is 34.5 Å². The van der Waals surface area contributed by atoms with Crippen LogP contribution in [0.25, 0.3) is 0 Å². The van der Waals surface area contributed by atoms with E-state index < -0.39 is 87.0 Å². The summed E-state index contributed by atoms with van der Waals surface area (Å²) in [6.45, 7) is 5.21. The quantitative estimate of drug-likeness (QED) is 0.339. The van der Waals surface area contributed by atoms with Crippen molar-refractivity contribution in [1.29, 1.82) is 0 Å². The maximum Gasteiger partial charge on any atom is 0.343 e. The van der Waals surface area contributed by atoms with Crippen molar-refractivity contribution in [1.82, 2.24) is 0 Å². The minimum absolute atomic E-state index is 0.0690. The van der Waals surface area contributed by atoms with Crippen LogP contribution in [0.2, 0.25) is 0 Å². The number of hydrogen-bond acceptors (Lipinski definition) is 10. The molecule has 12 atom stereocenters. The standard InChI is InChI=1S/C28H30O10/c1-23-10-18-25(3)28-20(23)27(22(33)38-28,35-11-16(23)19(31)36-18)15-5-4-12-8-13(29)9-17(30)24(12,2)14(15)6-7-26(28,34)21(32)37-25/h4-5,8,13-16,18,20,29,34H,6-7,9-11H2,1-3H3/t13-,14+,15+,16-,18+,20+,23+,24-,25-,26+,27-,28-/m0/s1. The van der Waals surface area contributed by atoms with Crippen LogP contribution in [0.4, 0.5) is 0 Å². The van der Waals surface area contributed by atoms with Gasteiger partial charge < -0.3 is 29.2 Å². The number of esters is 3. The number of ketones is 1. The van der Waals surface area contributed by atoms with Crippen molar-refractivity contribution < 1.29 is 48.3 Å². The zero-order valence-corrected chi connectivity index (χ0v) is 21.4. The first-order valence-corrected chi connectivity index (χ1v) is 13.5. The van der Waals surface area contributed by atoms with Crippen molar-refractivity contribution in [3.8, 4) is 0 Å². The lowest BCUT2D eigenvalue weighted by Gasteiger charge is -2.67. The Morgan fingerprint density at radius 1 is 1.05 bits per heavy atom. The number of hydrogen-bond donors (Lipinski definition) is 2. The predicted molar refractivity (Wildman–Crippen MR) is 124 cm³/mol. The number of carbonyl (C=O) groups excluding carboxylic acids is 4. The molecule has 0 aromatic heterocycles. The second-order valence-corrected chi connectivity index (χ2v) is 13.3. The van der Waals surface area contributed by atoms with Crippen LogP contribution in [0.5, 0.6) is 0 Å². The summed E-state index contributed by atoms with van der Waals surface area (Å²) in [5.74, 6) is -5.13. The molecule has 4 bridgehead atoms. The van der Waals surface area contributed by atoms with Gasteiger partial charge >= 0.3 is 17.9 Å². The van der Waals surface area contributed by atoms with Gasteiger partial charge in [-0.15, -0.1) is 0 Å². The van der Waals surface area contributed by atoms with Gasteiger partial charge in [0.15, 0.2) is 11.2 Å². The molecule has 0 aromatic carbocycles. The van der Waals surface area contributed by atoms with Crippen LogP contribution in [0.1, 0.15) is 46.5 Å². The molecule has 8 rings (SSSR count). The molecule has 8 aliphatic rings. The van der Waals surface area contributed by atoms with Crippen LogP contribution < -0.4 is 0 Å². The number of ether oxygens (including phenoxy) is 4. The minimum atomic E-state index is -2.23. The van der Waals surface area contributed by atoms with Crippen molar-refractivity contribution in [3.63, 3.8) is 0 Å². The molecule has 4 aliphatic carbocycles. The summed E-state index contributed by atoms with van der Waals surface area (Å²) in [4.78, 5) is 54.9. The lowest BCUT2D eigenvalue weighted by atomic mass is 9.39. The van der Waals surface area contributed by atoms with Gasteiger partial charge in [-0.1, -0.05) is 25.2 Å². The first-order chi connectivity index (χ1) is 17.8. The van der Waals surface area contributed by atoms with Gasteiger partial charge in [0.05, 0.1) is 30.0 Å². The SMILES string of the molecule is C[C@]12C(=O)C[C@@H](O)C=C1C=C[C@@H]1[C@H]2CC[C@@]2(O)C(=O)O[C@@]3(C)[C@H]4C[C@@]5(C)[C@@H]6[C@]1(OC[C@H]5C(=O)O4)C(=O)O[C@]623. The summed E-state index contributed by atoms with van der Waals surface area (Å²) in [6, 6.07) is 0. The van der Waals surface area contributed by atoms with E-state index in [2.05, 4.69) is 0 Å². The number of allylic oxidation sites excluding steroid dienone is 2. The lowest BCUT2D eigenvalue weighted by Crippen LogP contribution is -2.82. The molecule has 4 aliphatic heterocycles. The Morgan fingerprint density at radius 3 is 2.58 bits per heavy atom. The Morgan fingerprint density at radius 2 is 1.82 bits per heavy atom. The zero-order valence-electron chi connectivity index (χ0n) is 21.4. The summed E-state index contributed by atoms with van der Waals surface area (Å²) >= 11 is 0. The van der Waals surface area contributed by atoms with Gasteiger partial charge in [0.25, 0.3) is 0 Å². The highest BCUT2D eigenvalue weighted by atomic mass is 16.7. The third kappa shape index (κ3) is 1.98. The van der Waals surface area contributed by atoms with Gasteiger partial charge in [0.2, 0.25) is 11.2 Å². The first-order valence-electron chi connectivity index (χ1n) is 13.5. The second kappa shape index (κ2) is 6.26. The van der Waals surface area contributed by atoms with E-state index >= 15 is 0 Å². The Labute approximate surface area is 218 Å². The smallest absolute Gasteiger partial charge is 0.343 e. The molecule has 202 valence electrons. The molecular formula is C28H30O10. The van der Waals surface area contributed by atoms with E-state index in [9.17, 15) is 29.4 Å². The molecule has 10 heteroatoms. The largest absolute Gasteiger partial charge is 0.458 e. The molecule has 4 heterocycles. The molecule has 10 nitrogen and oxygen atoms in total. The molecular weight excluding hydrogens is 496 g/mol. The van der Waals surface area contributed by atoms with E-state index in [4.69, 9.17) is 18.9 Å². The minimum Gasteiger partial charge on any atom is -0.458 e. The molecule has 0 radical (unpaired) electrons. The van der Waals surface area contributed by atoms with Gasteiger partial charge in [-0.25, -0.2) is 9.59 Å². The normalized spacial score (nSPS) is 59.0. The van der Waals surface area contributed by atoms with Crippen molar-refractivity contribution >= 4 is 23.7 Å². The average molecular weight is 527 g/mol. The number of rotatable bonds is 0. The van der Waals surface area contributed by atoms with E-state index in [1.807, 2.05) is 19.9 Å². The second-order valence-electron chi connectivity index (χ2n) is 13.3. The average Bonchev–Trinajstić information content (AvgIpc) is 3.22. The monoisotopic (exact) mass is 526 g/mol.